The van der Waals surface area contributed by atoms with Crippen LogP contribution in [0.3, 0.4) is 0 Å². The van der Waals surface area contributed by atoms with Gasteiger partial charge in [0.05, 0.1) is 24.8 Å². The van der Waals surface area contributed by atoms with Crippen LogP contribution in [0.15, 0.2) is 48.5 Å². The molecule has 5 nitrogen and oxygen atoms in total. The van der Waals surface area contributed by atoms with E-state index in [2.05, 4.69) is 0 Å². The summed E-state index contributed by atoms with van der Waals surface area (Å²) in [6.45, 7) is 11.1. The maximum absolute atomic E-state index is 13.2. The molecule has 0 aliphatic heterocycles. The van der Waals surface area contributed by atoms with E-state index >= 15 is 0 Å². The fraction of sp³-hybridized carbons (Fsp3) is 0.462. The minimum absolute atomic E-state index is 0.217. The quantitative estimate of drug-likeness (QED) is 0.369. The molecular weight excluding hydrogens is 426 g/mol. The van der Waals surface area contributed by atoms with Crippen LogP contribution in [0.25, 0.3) is 0 Å². The summed E-state index contributed by atoms with van der Waals surface area (Å²) in [6.07, 6.45) is 0.326. The molecule has 0 saturated carbocycles. The van der Waals surface area contributed by atoms with Crippen molar-refractivity contribution in [3.63, 3.8) is 0 Å². The Labute approximate surface area is 196 Å². The minimum atomic E-state index is -0.519. The van der Waals surface area contributed by atoms with Gasteiger partial charge in [-0.3, -0.25) is 4.90 Å². The third-order valence-corrected chi connectivity index (χ3v) is 5.01. The topological polar surface area (TPSA) is 55.8 Å². The van der Waals surface area contributed by atoms with E-state index in [-0.39, 0.29) is 11.8 Å². The molecule has 0 aromatic heterocycles. The van der Waals surface area contributed by atoms with Crippen molar-refractivity contribution in [3.05, 3.63) is 70.2 Å². The normalized spacial score (nSPS) is 12.0. The first-order valence-electron chi connectivity index (χ1n) is 11.2. The van der Waals surface area contributed by atoms with Gasteiger partial charge in [0.2, 0.25) is 0 Å². The number of hydrogen-bond acceptors (Lipinski definition) is 4. The molecule has 32 heavy (non-hydrogen) atoms. The molecule has 2 aromatic rings. The Morgan fingerprint density at radius 2 is 1.50 bits per heavy atom. The minimum Gasteiger partial charge on any atom is -0.462 e. The van der Waals surface area contributed by atoms with Crippen molar-refractivity contribution in [2.45, 2.75) is 47.1 Å². The van der Waals surface area contributed by atoms with E-state index < -0.39 is 18.1 Å². The van der Waals surface area contributed by atoms with Gasteiger partial charge in [0.1, 0.15) is 0 Å². The van der Waals surface area contributed by atoms with Crippen LogP contribution < -0.4 is 0 Å². The fourth-order valence-corrected chi connectivity index (χ4v) is 3.43. The van der Waals surface area contributed by atoms with E-state index in [9.17, 15) is 9.59 Å². The summed E-state index contributed by atoms with van der Waals surface area (Å²) in [5.74, 6) is 0.0377. The molecule has 0 fully saturated rings. The van der Waals surface area contributed by atoms with Crippen LogP contribution >= 0.6 is 11.6 Å². The van der Waals surface area contributed by atoms with E-state index in [1.165, 1.54) is 0 Å². The molecule has 2 aromatic carbocycles. The largest absolute Gasteiger partial charge is 0.462 e. The molecule has 1 atom stereocenters. The van der Waals surface area contributed by atoms with Crippen molar-refractivity contribution in [3.8, 4) is 0 Å². The first-order chi connectivity index (χ1) is 15.2. The van der Waals surface area contributed by atoms with Crippen molar-refractivity contribution >= 4 is 23.7 Å². The number of benzene rings is 2. The van der Waals surface area contributed by atoms with Gasteiger partial charge in [-0.1, -0.05) is 76.6 Å². The molecule has 0 radical (unpaired) electrons. The fourth-order valence-electron chi connectivity index (χ4n) is 3.30. The number of ether oxygens (including phenoxy) is 2. The molecular formula is C26H34ClNO4. The number of halogens is 1. The first kappa shape index (κ1) is 25.7. The summed E-state index contributed by atoms with van der Waals surface area (Å²) >= 11 is 6.12. The second-order valence-corrected chi connectivity index (χ2v) is 9.13. The number of nitrogens with zero attached hydrogens (tertiary/aromatic N) is 1. The number of esters is 1. The predicted molar refractivity (Wildman–Crippen MR) is 128 cm³/mol. The number of rotatable bonds is 10. The van der Waals surface area contributed by atoms with Crippen molar-refractivity contribution in [2.24, 2.45) is 11.8 Å². The summed E-state index contributed by atoms with van der Waals surface area (Å²) in [6, 6.07) is 14.1. The van der Waals surface area contributed by atoms with Crippen molar-refractivity contribution in [1.29, 1.82) is 0 Å². The summed E-state index contributed by atoms with van der Waals surface area (Å²) < 4.78 is 11.1. The molecule has 1 unspecified atom stereocenters. The molecule has 2 rings (SSSR count). The number of amides is 1. The summed E-state index contributed by atoms with van der Waals surface area (Å²) in [5.41, 5.74) is 1.97. The number of hydrogen-bond donors (Lipinski definition) is 0. The van der Waals surface area contributed by atoms with Crippen LogP contribution in [0.5, 0.6) is 0 Å². The average Bonchev–Trinajstić information content (AvgIpc) is 2.77. The maximum atomic E-state index is 13.2. The summed E-state index contributed by atoms with van der Waals surface area (Å²) in [7, 11) is 0. The van der Waals surface area contributed by atoms with Gasteiger partial charge in [-0.25, -0.2) is 9.59 Å². The Kier molecular flexibility index (Phi) is 10.0. The predicted octanol–water partition coefficient (Wildman–Crippen LogP) is 6.75. The summed E-state index contributed by atoms with van der Waals surface area (Å²) in [4.78, 5) is 27.8. The Hall–Kier alpha value is -2.53. The van der Waals surface area contributed by atoms with Gasteiger partial charge < -0.3 is 9.47 Å². The lowest BCUT2D eigenvalue weighted by atomic mass is 9.93. The van der Waals surface area contributed by atoms with Crippen LogP contribution in [0.1, 0.15) is 68.6 Å². The highest BCUT2D eigenvalue weighted by Gasteiger charge is 2.31. The zero-order valence-corrected chi connectivity index (χ0v) is 20.4. The smallest absolute Gasteiger partial charge is 0.410 e. The zero-order valence-electron chi connectivity index (χ0n) is 19.6. The monoisotopic (exact) mass is 459 g/mol. The third kappa shape index (κ3) is 7.27. The van der Waals surface area contributed by atoms with E-state index in [4.69, 9.17) is 21.1 Å². The first-order valence-corrected chi connectivity index (χ1v) is 11.6. The molecule has 0 heterocycles. The molecule has 0 spiro atoms. The van der Waals surface area contributed by atoms with Gasteiger partial charge in [0.25, 0.3) is 0 Å². The highest BCUT2D eigenvalue weighted by Crippen LogP contribution is 2.33. The van der Waals surface area contributed by atoms with E-state index in [1.807, 2.05) is 58.9 Å². The van der Waals surface area contributed by atoms with Crippen molar-refractivity contribution in [1.82, 2.24) is 4.90 Å². The second-order valence-electron chi connectivity index (χ2n) is 8.70. The van der Waals surface area contributed by atoms with Gasteiger partial charge in [-0.2, -0.15) is 0 Å². The lowest BCUT2D eigenvalue weighted by Crippen LogP contribution is -2.38. The van der Waals surface area contributed by atoms with E-state index in [0.29, 0.717) is 35.9 Å². The van der Waals surface area contributed by atoms with Gasteiger partial charge in [0, 0.05) is 11.6 Å². The van der Waals surface area contributed by atoms with Crippen LogP contribution in [0.4, 0.5) is 4.79 Å². The van der Waals surface area contributed by atoms with Crippen LogP contribution in [-0.4, -0.2) is 36.7 Å². The molecule has 6 heteroatoms. The van der Waals surface area contributed by atoms with Gasteiger partial charge in [-0.15, -0.1) is 0 Å². The number of carbonyl (C=O) groups excluding carboxylic acids is 2. The Morgan fingerprint density at radius 1 is 0.906 bits per heavy atom. The van der Waals surface area contributed by atoms with Gasteiger partial charge in [0.15, 0.2) is 0 Å². The SMILES string of the molecule is CCCN(C(=O)OCC(C)C)C(c1ccc(Cl)cc1)c1ccccc1C(=O)OCC(C)C. The van der Waals surface area contributed by atoms with E-state index in [0.717, 1.165) is 12.0 Å². The van der Waals surface area contributed by atoms with Gasteiger partial charge >= 0.3 is 12.1 Å². The van der Waals surface area contributed by atoms with Crippen LogP contribution in [0, 0.1) is 11.8 Å². The lowest BCUT2D eigenvalue weighted by Gasteiger charge is -2.33. The Balaban J connectivity index is 2.55. The average molecular weight is 460 g/mol. The second kappa shape index (κ2) is 12.5. The molecule has 0 N–H and O–H groups in total. The van der Waals surface area contributed by atoms with Gasteiger partial charge in [-0.05, 0) is 47.6 Å². The Morgan fingerprint density at radius 3 is 2.09 bits per heavy atom. The molecule has 1 amide bonds. The standard InChI is InChI=1S/C26H34ClNO4/c1-6-15-28(26(30)32-17-19(4)5)24(20-11-13-21(27)14-12-20)22-9-7-8-10-23(22)25(29)31-16-18(2)3/h7-14,18-19,24H,6,15-17H2,1-5H3. The Bertz CT molecular complexity index is 880. The highest BCUT2D eigenvalue weighted by molar-refractivity contribution is 6.30. The van der Waals surface area contributed by atoms with Crippen LogP contribution in [0.2, 0.25) is 5.02 Å². The third-order valence-electron chi connectivity index (χ3n) is 4.76. The lowest BCUT2D eigenvalue weighted by molar-refractivity contribution is 0.0453. The molecule has 174 valence electrons. The molecule has 0 aliphatic carbocycles. The molecule has 0 bridgehead atoms. The summed E-state index contributed by atoms with van der Waals surface area (Å²) in [5, 5.41) is 0.599. The number of carbonyl (C=O) groups is 2. The zero-order chi connectivity index (χ0) is 23.7. The highest BCUT2D eigenvalue weighted by atomic mass is 35.5. The molecule has 0 saturated heterocycles. The van der Waals surface area contributed by atoms with E-state index in [1.54, 1.807) is 29.2 Å². The maximum Gasteiger partial charge on any atom is 0.410 e. The van der Waals surface area contributed by atoms with Crippen molar-refractivity contribution in [2.75, 3.05) is 19.8 Å². The molecule has 0 aliphatic rings. The van der Waals surface area contributed by atoms with Crippen LogP contribution in [-0.2, 0) is 9.47 Å². The van der Waals surface area contributed by atoms with Crippen molar-refractivity contribution < 1.29 is 19.1 Å².